The normalized spacial score (nSPS) is 14.9. The van der Waals surface area contributed by atoms with Gasteiger partial charge in [-0.25, -0.2) is 0 Å². The van der Waals surface area contributed by atoms with Crippen molar-refractivity contribution in [3.63, 3.8) is 0 Å². The fourth-order valence-corrected chi connectivity index (χ4v) is 8.65. The molecule has 2 aliphatic carbocycles. The minimum absolute atomic E-state index is 0.0105. The van der Waals surface area contributed by atoms with Gasteiger partial charge in [0.2, 0.25) is 0 Å². The Morgan fingerprint density at radius 1 is 0.431 bits per heavy atom. The molecule has 0 aromatic heterocycles. The third kappa shape index (κ3) is 4.98. The van der Waals surface area contributed by atoms with Gasteiger partial charge in [0, 0.05) is 10.8 Å². The molecule has 51 heavy (non-hydrogen) atoms. The molecule has 7 aromatic carbocycles. The highest BCUT2D eigenvalue weighted by Crippen LogP contribution is 2.52. The third-order valence-corrected chi connectivity index (χ3v) is 11.7. The van der Waals surface area contributed by atoms with Crippen molar-refractivity contribution in [1.82, 2.24) is 0 Å². The molecular formula is C50H42O. The molecule has 0 radical (unpaired) electrons. The molecule has 7 aromatic rings. The molecule has 0 saturated carbocycles. The summed E-state index contributed by atoms with van der Waals surface area (Å²) in [7, 11) is 1.70. The Kier molecular flexibility index (Phi) is 7.03. The van der Waals surface area contributed by atoms with Gasteiger partial charge in [0.15, 0.2) is 0 Å². The largest absolute Gasteiger partial charge is 0.501 e. The van der Waals surface area contributed by atoms with Gasteiger partial charge in [-0.3, -0.25) is 0 Å². The molecule has 0 aliphatic heterocycles. The number of hydrogen-bond donors (Lipinski definition) is 0. The molecule has 0 amide bonds. The van der Waals surface area contributed by atoms with Gasteiger partial charge >= 0.3 is 0 Å². The molecule has 2 aliphatic rings. The van der Waals surface area contributed by atoms with E-state index in [9.17, 15) is 0 Å². The molecule has 0 heterocycles. The number of rotatable bonds is 5. The van der Waals surface area contributed by atoms with Crippen LogP contribution in [0.15, 0.2) is 145 Å². The van der Waals surface area contributed by atoms with Crippen LogP contribution in [-0.4, -0.2) is 7.11 Å². The van der Waals surface area contributed by atoms with Crippen LogP contribution < -0.4 is 0 Å². The maximum Gasteiger partial charge on any atom is 0.0930 e. The summed E-state index contributed by atoms with van der Waals surface area (Å²) in [4.78, 5) is 0. The molecule has 0 fully saturated rings. The maximum atomic E-state index is 5.31. The second-order valence-electron chi connectivity index (χ2n) is 15.4. The van der Waals surface area contributed by atoms with Gasteiger partial charge in [-0.2, -0.15) is 0 Å². The molecule has 1 nitrogen and oxygen atoms in total. The lowest BCUT2D eigenvalue weighted by Crippen LogP contribution is -2.15. The van der Waals surface area contributed by atoms with Gasteiger partial charge in [0.25, 0.3) is 0 Å². The van der Waals surface area contributed by atoms with Crippen molar-refractivity contribution in [1.29, 1.82) is 0 Å². The highest BCUT2D eigenvalue weighted by molar-refractivity contribution is 5.92. The van der Waals surface area contributed by atoms with Crippen molar-refractivity contribution in [2.75, 3.05) is 7.11 Å². The van der Waals surface area contributed by atoms with Crippen molar-refractivity contribution in [3.8, 4) is 55.6 Å². The summed E-state index contributed by atoms with van der Waals surface area (Å²) in [5.74, 6) is 0.900. The van der Waals surface area contributed by atoms with Crippen LogP contribution in [0.2, 0.25) is 0 Å². The predicted octanol–water partition coefficient (Wildman–Crippen LogP) is 13.5. The van der Waals surface area contributed by atoms with E-state index in [2.05, 4.69) is 173 Å². The molecule has 0 atom stereocenters. The van der Waals surface area contributed by atoms with Crippen LogP contribution >= 0.6 is 0 Å². The zero-order chi connectivity index (χ0) is 35.1. The molecule has 1 heteroatoms. The highest BCUT2D eigenvalue weighted by atomic mass is 16.5. The Labute approximate surface area is 301 Å². The number of ether oxygens (including phenoxy) is 1. The number of fused-ring (bicyclic) bond motifs is 7. The van der Waals surface area contributed by atoms with Crippen molar-refractivity contribution < 1.29 is 4.74 Å². The Morgan fingerprint density at radius 3 is 1.33 bits per heavy atom. The molecule has 0 spiro atoms. The summed E-state index contributed by atoms with van der Waals surface area (Å²) in [6, 6.07) is 52.5. The van der Waals surface area contributed by atoms with Gasteiger partial charge in [-0.15, -0.1) is 0 Å². The molecule has 9 rings (SSSR count). The topological polar surface area (TPSA) is 9.23 Å². The van der Waals surface area contributed by atoms with Crippen LogP contribution in [0.1, 0.15) is 62.4 Å². The van der Waals surface area contributed by atoms with Gasteiger partial charge in [0.05, 0.1) is 12.9 Å². The van der Waals surface area contributed by atoms with Crippen LogP contribution in [0.25, 0.3) is 72.5 Å². The minimum atomic E-state index is -0.109. The Morgan fingerprint density at radius 2 is 0.824 bits per heavy atom. The highest BCUT2D eigenvalue weighted by Gasteiger charge is 2.37. The van der Waals surface area contributed by atoms with Crippen molar-refractivity contribution in [3.05, 3.63) is 173 Å². The standard InChI is InChI=1S/C50H42O/c1-31(51-6)25-32-11-13-33(14-12-32)34-15-16-36-27-37(18-17-35(36)26-34)38-19-23-43-44-24-21-40(30-48(44)50(4,5)47(43)28-38)39-20-22-42-41-9-7-8-10-45(41)49(2,3)46(42)29-39/h7-30H,1-6H3/b31-25+. The number of benzene rings is 7. The number of allylic oxidation sites excluding steroid dienone is 1. The number of hydrogen-bond acceptors (Lipinski definition) is 1. The van der Waals surface area contributed by atoms with E-state index < -0.39 is 0 Å². The van der Waals surface area contributed by atoms with Crippen LogP contribution in [0.3, 0.4) is 0 Å². The lowest BCUT2D eigenvalue weighted by Gasteiger charge is -2.23. The summed E-state index contributed by atoms with van der Waals surface area (Å²) >= 11 is 0. The van der Waals surface area contributed by atoms with Crippen LogP contribution in [-0.2, 0) is 15.6 Å². The van der Waals surface area contributed by atoms with Gasteiger partial charge in [-0.1, -0.05) is 137 Å². The summed E-state index contributed by atoms with van der Waals surface area (Å²) in [6.07, 6.45) is 2.05. The molecule has 0 saturated heterocycles. The van der Waals surface area contributed by atoms with Gasteiger partial charge in [0.1, 0.15) is 0 Å². The SMILES string of the molecule is CO/C(C)=C/c1ccc(-c2ccc3cc(-c4ccc5c(c4)C(C)(C)c4cc(-c6ccc7c(c6)C(C)(C)c6ccccc6-7)ccc4-5)ccc3c2)cc1. The monoisotopic (exact) mass is 658 g/mol. The zero-order valence-corrected chi connectivity index (χ0v) is 30.3. The van der Waals surface area contributed by atoms with E-state index in [1.165, 1.54) is 88.7 Å². The van der Waals surface area contributed by atoms with E-state index in [4.69, 9.17) is 4.74 Å². The van der Waals surface area contributed by atoms with Crippen LogP contribution in [0.4, 0.5) is 0 Å². The molecular weight excluding hydrogens is 617 g/mol. The second kappa shape index (κ2) is 11.4. The van der Waals surface area contributed by atoms with Crippen molar-refractivity contribution >= 4 is 16.8 Å². The van der Waals surface area contributed by atoms with Crippen LogP contribution in [0.5, 0.6) is 0 Å². The molecule has 0 N–H and O–H groups in total. The summed E-state index contributed by atoms with van der Waals surface area (Å²) in [6.45, 7) is 11.5. The molecule has 0 bridgehead atoms. The maximum absolute atomic E-state index is 5.31. The first kappa shape index (κ1) is 31.3. The summed E-state index contributed by atoms with van der Waals surface area (Å²) in [5, 5.41) is 2.50. The average molecular weight is 659 g/mol. The third-order valence-electron chi connectivity index (χ3n) is 11.7. The first-order valence-corrected chi connectivity index (χ1v) is 18.0. The summed E-state index contributed by atoms with van der Waals surface area (Å²) < 4.78 is 5.31. The first-order valence-electron chi connectivity index (χ1n) is 18.0. The van der Waals surface area contributed by atoms with Gasteiger partial charge < -0.3 is 4.74 Å². The quantitative estimate of drug-likeness (QED) is 0.167. The Hall–Kier alpha value is -5.66. The lowest BCUT2D eigenvalue weighted by atomic mass is 9.80. The number of methoxy groups -OCH3 is 1. The first-order chi connectivity index (χ1) is 24.6. The van der Waals surface area contributed by atoms with E-state index in [0.29, 0.717) is 0 Å². The van der Waals surface area contributed by atoms with E-state index in [1.807, 2.05) is 6.92 Å². The predicted molar refractivity (Wildman–Crippen MR) is 216 cm³/mol. The Balaban J connectivity index is 1.01. The van der Waals surface area contributed by atoms with E-state index >= 15 is 0 Å². The molecule has 248 valence electrons. The summed E-state index contributed by atoms with van der Waals surface area (Å²) in [5.41, 5.74) is 19.6. The Bertz CT molecular complexity index is 2560. The second-order valence-corrected chi connectivity index (χ2v) is 15.4. The zero-order valence-electron chi connectivity index (χ0n) is 30.3. The van der Waals surface area contributed by atoms with Gasteiger partial charge in [-0.05, 0) is 138 Å². The fraction of sp³-hybridized carbons (Fsp3) is 0.160. The van der Waals surface area contributed by atoms with E-state index in [1.54, 1.807) is 7.11 Å². The minimum Gasteiger partial charge on any atom is -0.501 e. The lowest BCUT2D eigenvalue weighted by molar-refractivity contribution is 0.297. The van der Waals surface area contributed by atoms with E-state index in [0.717, 1.165) is 11.3 Å². The molecule has 0 unspecified atom stereocenters. The average Bonchev–Trinajstić information content (AvgIpc) is 3.53. The van der Waals surface area contributed by atoms with Crippen molar-refractivity contribution in [2.45, 2.75) is 45.4 Å². The van der Waals surface area contributed by atoms with Crippen molar-refractivity contribution in [2.24, 2.45) is 0 Å². The fourth-order valence-electron chi connectivity index (χ4n) is 8.65. The van der Waals surface area contributed by atoms with Crippen LogP contribution in [0, 0.1) is 0 Å². The smallest absolute Gasteiger partial charge is 0.0930 e. The van der Waals surface area contributed by atoms with E-state index in [-0.39, 0.29) is 10.8 Å².